The highest BCUT2D eigenvalue weighted by Gasteiger charge is 2.24. The Morgan fingerprint density at radius 2 is 1.76 bits per heavy atom. The fourth-order valence-corrected chi connectivity index (χ4v) is 5.10. The Morgan fingerprint density at radius 3 is 2.29 bits per heavy atom. The first-order valence-corrected chi connectivity index (χ1v) is 8.91. The van der Waals surface area contributed by atoms with E-state index in [-0.39, 0.29) is 4.21 Å². The van der Waals surface area contributed by atoms with E-state index in [2.05, 4.69) is 15.9 Å². The molecule has 0 atom stereocenters. The third-order valence-corrected chi connectivity index (χ3v) is 6.77. The topological polar surface area (TPSA) is 55.8 Å². The van der Waals surface area contributed by atoms with E-state index in [1.165, 1.54) is 36.9 Å². The molecule has 0 saturated heterocycles. The summed E-state index contributed by atoms with van der Waals surface area (Å²) in [6.45, 7) is 0. The molecule has 0 amide bonds. The molecule has 2 aromatic rings. The standard InChI is InChI=1S/C13H14BrNO4S2/c1-15(21(16,17)13-7-6-12(14)20-13)9-4-5-10(18-2)11(8-9)19-3/h4-8H,1-3H3. The molecule has 8 heteroatoms. The monoisotopic (exact) mass is 391 g/mol. The normalized spacial score (nSPS) is 11.2. The van der Waals surface area contributed by atoms with Gasteiger partial charge in [0.15, 0.2) is 11.5 Å². The molecule has 1 aromatic heterocycles. The van der Waals surface area contributed by atoms with Crippen LogP contribution in [0.15, 0.2) is 38.3 Å². The first-order valence-electron chi connectivity index (χ1n) is 5.86. The Balaban J connectivity index is 2.42. The number of nitrogens with zero attached hydrogens (tertiary/aromatic N) is 1. The second kappa shape index (κ2) is 6.25. The zero-order chi connectivity index (χ0) is 15.6. The Labute approximate surface area is 136 Å². The van der Waals surface area contributed by atoms with Gasteiger partial charge in [0, 0.05) is 13.1 Å². The van der Waals surface area contributed by atoms with Gasteiger partial charge in [0.25, 0.3) is 10.0 Å². The molecular formula is C13H14BrNO4S2. The number of anilines is 1. The van der Waals surface area contributed by atoms with Gasteiger partial charge in [-0.1, -0.05) is 0 Å². The summed E-state index contributed by atoms with van der Waals surface area (Å²) >= 11 is 4.44. The van der Waals surface area contributed by atoms with Crippen molar-refractivity contribution >= 4 is 43.0 Å². The van der Waals surface area contributed by atoms with E-state index in [9.17, 15) is 8.42 Å². The summed E-state index contributed by atoms with van der Waals surface area (Å²) in [5, 5.41) is 0. The molecule has 0 fully saturated rings. The first kappa shape index (κ1) is 16.1. The number of hydrogen-bond donors (Lipinski definition) is 0. The molecule has 0 N–H and O–H groups in total. The minimum atomic E-state index is -3.59. The Hall–Kier alpha value is -1.25. The molecule has 5 nitrogen and oxygen atoms in total. The van der Waals surface area contributed by atoms with Crippen molar-refractivity contribution in [1.29, 1.82) is 0 Å². The molecule has 0 bridgehead atoms. The number of halogens is 1. The van der Waals surface area contributed by atoms with Crippen molar-refractivity contribution < 1.29 is 17.9 Å². The number of methoxy groups -OCH3 is 2. The van der Waals surface area contributed by atoms with E-state index < -0.39 is 10.0 Å². The molecule has 0 spiro atoms. The van der Waals surface area contributed by atoms with Crippen LogP contribution in [0.5, 0.6) is 11.5 Å². The van der Waals surface area contributed by atoms with E-state index in [0.717, 1.165) is 3.79 Å². The molecule has 0 aliphatic heterocycles. The highest BCUT2D eigenvalue weighted by Crippen LogP contribution is 2.34. The van der Waals surface area contributed by atoms with Gasteiger partial charge in [-0.2, -0.15) is 0 Å². The maximum absolute atomic E-state index is 12.5. The molecule has 1 aromatic carbocycles. The SMILES string of the molecule is COc1ccc(N(C)S(=O)(=O)c2ccc(Br)s2)cc1OC. The molecule has 0 radical (unpaired) electrons. The lowest BCUT2D eigenvalue weighted by Crippen LogP contribution is -2.25. The highest BCUT2D eigenvalue weighted by molar-refractivity contribution is 9.11. The lowest BCUT2D eigenvalue weighted by atomic mass is 10.3. The van der Waals surface area contributed by atoms with Crippen molar-refractivity contribution in [3.8, 4) is 11.5 Å². The average Bonchev–Trinajstić information content (AvgIpc) is 2.93. The van der Waals surface area contributed by atoms with Crippen molar-refractivity contribution in [3.05, 3.63) is 34.1 Å². The van der Waals surface area contributed by atoms with Gasteiger partial charge in [-0.15, -0.1) is 11.3 Å². The van der Waals surface area contributed by atoms with Gasteiger partial charge in [-0.3, -0.25) is 4.31 Å². The van der Waals surface area contributed by atoms with Crippen molar-refractivity contribution in [2.75, 3.05) is 25.6 Å². The number of benzene rings is 1. The van der Waals surface area contributed by atoms with Gasteiger partial charge in [0.05, 0.1) is 23.7 Å². The summed E-state index contributed by atoms with van der Waals surface area (Å²) in [5.74, 6) is 1.02. The molecule has 0 saturated carbocycles. The van der Waals surface area contributed by atoms with Crippen LogP contribution in [-0.4, -0.2) is 29.7 Å². The smallest absolute Gasteiger partial charge is 0.273 e. The van der Waals surface area contributed by atoms with E-state index in [4.69, 9.17) is 9.47 Å². The average molecular weight is 392 g/mol. The largest absolute Gasteiger partial charge is 0.493 e. The predicted molar refractivity (Wildman–Crippen MR) is 87.2 cm³/mol. The number of rotatable bonds is 5. The minimum absolute atomic E-state index is 0.270. The molecular weight excluding hydrogens is 378 g/mol. The lowest BCUT2D eigenvalue weighted by Gasteiger charge is -2.19. The third-order valence-electron chi connectivity index (χ3n) is 2.89. The lowest BCUT2D eigenvalue weighted by molar-refractivity contribution is 0.355. The maximum Gasteiger partial charge on any atom is 0.273 e. The van der Waals surface area contributed by atoms with Crippen LogP contribution in [0.3, 0.4) is 0 Å². The van der Waals surface area contributed by atoms with Gasteiger partial charge < -0.3 is 9.47 Å². The number of ether oxygens (including phenoxy) is 2. The van der Waals surface area contributed by atoms with Crippen molar-refractivity contribution in [3.63, 3.8) is 0 Å². The third kappa shape index (κ3) is 3.17. The fourth-order valence-electron chi connectivity index (χ4n) is 1.73. The second-order valence-corrected chi connectivity index (χ2v) is 8.73. The van der Waals surface area contributed by atoms with Crippen LogP contribution in [0.1, 0.15) is 0 Å². The summed E-state index contributed by atoms with van der Waals surface area (Å²) in [5.41, 5.74) is 0.497. The van der Waals surface area contributed by atoms with Crippen LogP contribution in [-0.2, 0) is 10.0 Å². The van der Waals surface area contributed by atoms with E-state index in [0.29, 0.717) is 17.2 Å². The zero-order valence-corrected chi connectivity index (χ0v) is 14.9. The van der Waals surface area contributed by atoms with Gasteiger partial charge >= 0.3 is 0 Å². The van der Waals surface area contributed by atoms with E-state index in [1.54, 1.807) is 30.3 Å². The van der Waals surface area contributed by atoms with Crippen LogP contribution >= 0.6 is 27.3 Å². The molecule has 0 unspecified atom stereocenters. The first-order chi connectivity index (χ1) is 9.90. The molecule has 0 aliphatic carbocycles. The van der Waals surface area contributed by atoms with Gasteiger partial charge in [0.2, 0.25) is 0 Å². The highest BCUT2D eigenvalue weighted by atomic mass is 79.9. The Kier molecular flexibility index (Phi) is 4.80. The van der Waals surface area contributed by atoms with Crippen LogP contribution < -0.4 is 13.8 Å². The number of hydrogen-bond acceptors (Lipinski definition) is 5. The van der Waals surface area contributed by atoms with Gasteiger partial charge in [-0.25, -0.2) is 8.42 Å². The van der Waals surface area contributed by atoms with E-state index >= 15 is 0 Å². The summed E-state index contributed by atoms with van der Waals surface area (Å²) < 4.78 is 37.7. The fraction of sp³-hybridized carbons (Fsp3) is 0.231. The van der Waals surface area contributed by atoms with Crippen molar-refractivity contribution in [2.24, 2.45) is 0 Å². The second-order valence-electron chi connectivity index (χ2n) is 4.07. The maximum atomic E-state index is 12.5. The molecule has 1 heterocycles. The predicted octanol–water partition coefficient (Wildman–Crippen LogP) is 3.35. The summed E-state index contributed by atoms with van der Waals surface area (Å²) in [4.78, 5) is 0. The molecule has 21 heavy (non-hydrogen) atoms. The van der Waals surface area contributed by atoms with E-state index in [1.807, 2.05) is 0 Å². The van der Waals surface area contributed by atoms with Crippen LogP contribution in [0.25, 0.3) is 0 Å². The summed E-state index contributed by atoms with van der Waals surface area (Å²) in [6, 6.07) is 8.24. The van der Waals surface area contributed by atoms with Crippen LogP contribution in [0.2, 0.25) is 0 Å². The zero-order valence-electron chi connectivity index (χ0n) is 11.7. The molecule has 2 rings (SSSR count). The molecule has 114 valence electrons. The van der Waals surface area contributed by atoms with Crippen molar-refractivity contribution in [2.45, 2.75) is 4.21 Å². The van der Waals surface area contributed by atoms with Gasteiger partial charge in [0.1, 0.15) is 4.21 Å². The summed E-state index contributed by atoms with van der Waals surface area (Å²) in [6.07, 6.45) is 0. The van der Waals surface area contributed by atoms with Crippen molar-refractivity contribution in [1.82, 2.24) is 0 Å². The number of thiophene rings is 1. The minimum Gasteiger partial charge on any atom is -0.493 e. The Bertz CT molecular complexity index is 742. The van der Waals surface area contributed by atoms with Crippen LogP contribution in [0, 0.1) is 0 Å². The number of sulfonamides is 1. The van der Waals surface area contributed by atoms with Gasteiger partial charge in [-0.05, 0) is 40.2 Å². The molecule has 0 aliphatic rings. The quantitative estimate of drug-likeness (QED) is 0.783. The van der Waals surface area contributed by atoms with Crippen LogP contribution in [0.4, 0.5) is 5.69 Å². The Morgan fingerprint density at radius 1 is 1.10 bits per heavy atom. The summed E-state index contributed by atoms with van der Waals surface area (Å²) in [7, 11) is 0.949.